The maximum absolute atomic E-state index is 6.13. The van der Waals surface area contributed by atoms with Crippen LogP contribution in [0, 0.1) is 0 Å². The number of benzene rings is 2. The van der Waals surface area contributed by atoms with Gasteiger partial charge in [-0.2, -0.15) is 0 Å². The van der Waals surface area contributed by atoms with Gasteiger partial charge in [-0.25, -0.2) is 0 Å². The van der Waals surface area contributed by atoms with E-state index in [9.17, 15) is 0 Å². The summed E-state index contributed by atoms with van der Waals surface area (Å²) in [6.45, 7) is 7.34. The van der Waals surface area contributed by atoms with Crippen LogP contribution in [-0.4, -0.2) is 37.7 Å². The van der Waals surface area contributed by atoms with Crippen molar-refractivity contribution in [3.8, 4) is 11.5 Å². The Balaban J connectivity index is 1.63. The second-order valence-electron chi connectivity index (χ2n) is 7.60. The zero-order valence-corrected chi connectivity index (χ0v) is 20.3. The average molecular weight is 501 g/mol. The number of hydrogen-bond acceptors (Lipinski definition) is 5. The smallest absolute Gasteiger partial charge is 0.161 e. The predicted molar refractivity (Wildman–Crippen MR) is 131 cm³/mol. The number of rotatable bonds is 8. The lowest BCUT2D eigenvalue weighted by Crippen LogP contribution is -2.32. The van der Waals surface area contributed by atoms with E-state index in [0.717, 1.165) is 53.4 Å². The maximum atomic E-state index is 6.13. The summed E-state index contributed by atoms with van der Waals surface area (Å²) in [6, 6.07) is 21.2. The zero-order chi connectivity index (χ0) is 21.5. The molecule has 4 nitrogen and oxygen atoms in total. The average Bonchev–Trinajstić information content (AvgIpc) is 3.04. The molecule has 3 aromatic rings. The molecule has 1 atom stereocenters. The van der Waals surface area contributed by atoms with Crippen molar-refractivity contribution in [2.45, 2.75) is 26.0 Å². The van der Waals surface area contributed by atoms with Gasteiger partial charge in [0.1, 0.15) is 6.61 Å². The quantitative estimate of drug-likeness (QED) is 0.419. The largest absolute Gasteiger partial charge is 0.490 e. The Hall–Kier alpha value is -1.86. The molecule has 0 amide bonds. The van der Waals surface area contributed by atoms with Crippen LogP contribution in [0.15, 0.2) is 64.5 Å². The van der Waals surface area contributed by atoms with E-state index in [1.54, 1.807) is 11.3 Å². The van der Waals surface area contributed by atoms with E-state index in [4.69, 9.17) is 9.47 Å². The van der Waals surface area contributed by atoms with Crippen molar-refractivity contribution in [1.29, 1.82) is 0 Å². The lowest BCUT2D eigenvalue weighted by atomic mass is 10.0. The van der Waals surface area contributed by atoms with Crippen LogP contribution in [0.25, 0.3) is 0 Å². The van der Waals surface area contributed by atoms with Crippen LogP contribution >= 0.6 is 27.3 Å². The van der Waals surface area contributed by atoms with Crippen molar-refractivity contribution in [3.63, 3.8) is 0 Å². The number of ether oxygens (including phenoxy) is 2. The molecule has 1 unspecified atom stereocenters. The van der Waals surface area contributed by atoms with Gasteiger partial charge in [-0.05, 0) is 71.2 Å². The Kier molecular flexibility index (Phi) is 8.03. The summed E-state index contributed by atoms with van der Waals surface area (Å²) in [5, 5.41) is 3.52. The lowest BCUT2D eigenvalue weighted by molar-refractivity contribution is 0.241. The topological polar surface area (TPSA) is 33.7 Å². The molecular weight excluding hydrogens is 472 g/mol. The van der Waals surface area contributed by atoms with Gasteiger partial charge in [-0.1, -0.05) is 36.4 Å². The molecule has 1 aliphatic heterocycles. The highest BCUT2D eigenvalue weighted by atomic mass is 79.9. The van der Waals surface area contributed by atoms with Crippen LogP contribution in [0.1, 0.15) is 35.4 Å². The van der Waals surface area contributed by atoms with Gasteiger partial charge < -0.3 is 14.8 Å². The zero-order valence-electron chi connectivity index (χ0n) is 17.9. The molecule has 0 saturated carbocycles. The molecule has 2 aromatic carbocycles. The van der Waals surface area contributed by atoms with E-state index in [0.29, 0.717) is 13.2 Å². The minimum atomic E-state index is 0.207. The van der Waals surface area contributed by atoms with Gasteiger partial charge in [0, 0.05) is 24.5 Å². The van der Waals surface area contributed by atoms with Gasteiger partial charge in [0.25, 0.3) is 0 Å². The highest BCUT2D eigenvalue weighted by Gasteiger charge is 2.26. The fourth-order valence-electron chi connectivity index (χ4n) is 3.97. The summed E-state index contributed by atoms with van der Waals surface area (Å²) in [6.07, 6.45) is 1.15. The van der Waals surface area contributed by atoms with Crippen LogP contribution in [0.5, 0.6) is 11.5 Å². The molecule has 31 heavy (non-hydrogen) atoms. The number of nitrogens with zero attached hydrogens (tertiary/aromatic N) is 1. The molecule has 0 aliphatic carbocycles. The van der Waals surface area contributed by atoms with Gasteiger partial charge in [-0.3, -0.25) is 4.90 Å². The second-order valence-corrected chi connectivity index (χ2v) is 10.1. The van der Waals surface area contributed by atoms with Crippen molar-refractivity contribution < 1.29 is 9.47 Å². The van der Waals surface area contributed by atoms with Crippen molar-refractivity contribution in [2.75, 3.05) is 32.8 Å². The molecule has 1 N–H and O–H groups in total. The van der Waals surface area contributed by atoms with Crippen molar-refractivity contribution in [1.82, 2.24) is 10.2 Å². The van der Waals surface area contributed by atoms with Gasteiger partial charge in [0.2, 0.25) is 0 Å². The Labute approximate surface area is 197 Å². The van der Waals surface area contributed by atoms with E-state index < -0.39 is 0 Å². The molecular formula is C25H29BrN2O2S. The fraction of sp³-hybridized carbons (Fsp3) is 0.360. The van der Waals surface area contributed by atoms with Crippen molar-refractivity contribution in [3.05, 3.63) is 80.5 Å². The number of halogens is 1. The first-order chi connectivity index (χ1) is 15.2. The van der Waals surface area contributed by atoms with Crippen LogP contribution in [0.4, 0.5) is 0 Å². The third-order valence-electron chi connectivity index (χ3n) is 5.42. The third kappa shape index (κ3) is 5.89. The van der Waals surface area contributed by atoms with Crippen LogP contribution in [0.2, 0.25) is 0 Å². The summed E-state index contributed by atoms with van der Waals surface area (Å²) in [4.78, 5) is 3.92. The maximum Gasteiger partial charge on any atom is 0.161 e. The van der Waals surface area contributed by atoms with E-state index >= 15 is 0 Å². The molecule has 1 aromatic heterocycles. The molecule has 1 saturated heterocycles. The van der Waals surface area contributed by atoms with Gasteiger partial charge in [0.05, 0.1) is 16.4 Å². The van der Waals surface area contributed by atoms with Crippen LogP contribution in [-0.2, 0) is 6.61 Å². The third-order valence-corrected chi connectivity index (χ3v) is 7.10. The standard InChI is InChI=1S/C25H29BrN2O2S/c1-2-29-22-17-20(9-10-21(22)30-18-19-7-4-3-5-8-19)25(23-11-12-24(26)31-23)28-15-6-13-27-14-16-28/h3-5,7-12,17,25,27H,2,6,13-16,18H2,1H3. The first kappa shape index (κ1) is 22.3. The van der Waals surface area contributed by atoms with Gasteiger partial charge in [0.15, 0.2) is 11.5 Å². The van der Waals surface area contributed by atoms with Gasteiger partial charge >= 0.3 is 0 Å². The van der Waals surface area contributed by atoms with E-state index in [2.05, 4.69) is 68.6 Å². The number of thiophene rings is 1. The first-order valence-corrected chi connectivity index (χ1v) is 12.5. The summed E-state index contributed by atoms with van der Waals surface area (Å²) < 4.78 is 13.3. The molecule has 4 rings (SSSR count). The van der Waals surface area contributed by atoms with Crippen LogP contribution < -0.4 is 14.8 Å². The molecule has 164 valence electrons. The Bertz CT molecular complexity index is 955. The van der Waals surface area contributed by atoms with E-state index in [1.807, 2.05) is 25.1 Å². The van der Waals surface area contributed by atoms with E-state index in [-0.39, 0.29) is 6.04 Å². The van der Waals surface area contributed by atoms with Crippen molar-refractivity contribution >= 4 is 27.3 Å². The molecule has 2 heterocycles. The minimum absolute atomic E-state index is 0.207. The Morgan fingerprint density at radius 1 is 1.00 bits per heavy atom. The molecule has 1 fully saturated rings. The molecule has 0 bridgehead atoms. The predicted octanol–water partition coefficient (Wildman–Crippen LogP) is 5.87. The highest BCUT2D eigenvalue weighted by molar-refractivity contribution is 9.11. The van der Waals surface area contributed by atoms with Crippen molar-refractivity contribution in [2.24, 2.45) is 0 Å². The Morgan fingerprint density at radius 2 is 1.87 bits per heavy atom. The van der Waals surface area contributed by atoms with Crippen LogP contribution in [0.3, 0.4) is 0 Å². The Morgan fingerprint density at radius 3 is 2.65 bits per heavy atom. The fourth-order valence-corrected chi connectivity index (χ4v) is 5.56. The van der Waals surface area contributed by atoms with E-state index in [1.165, 1.54) is 10.4 Å². The monoisotopic (exact) mass is 500 g/mol. The highest BCUT2D eigenvalue weighted by Crippen LogP contribution is 2.39. The normalized spacial score (nSPS) is 15.9. The summed E-state index contributed by atoms with van der Waals surface area (Å²) in [5.74, 6) is 1.60. The minimum Gasteiger partial charge on any atom is -0.490 e. The SMILES string of the molecule is CCOc1cc(C(c2ccc(Br)s2)N2CCCNCC2)ccc1OCc1ccccc1. The molecule has 1 aliphatic rings. The molecule has 6 heteroatoms. The number of hydrogen-bond donors (Lipinski definition) is 1. The summed E-state index contributed by atoms with van der Waals surface area (Å²) >= 11 is 5.45. The first-order valence-electron chi connectivity index (χ1n) is 10.9. The molecule has 0 spiro atoms. The summed E-state index contributed by atoms with van der Waals surface area (Å²) in [5.41, 5.74) is 2.39. The van der Waals surface area contributed by atoms with Gasteiger partial charge in [-0.15, -0.1) is 11.3 Å². The second kappa shape index (κ2) is 11.1. The molecule has 0 radical (unpaired) electrons. The summed E-state index contributed by atoms with van der Waals surface area (Å²) in [7, 11) is 0. The number of nitrogens with one attached hydrogen (secondary N) is 1. The lowest BCUT2D eigenvalue weighted by Gasteiger charge is -2.30.